The second-order valence-electron chi connectivity index (χ2n) is 5.15. The summed E-state index contributed by atoms with van der Waals surface area (Å²) in [5, 5.41) is 11.4. The Bertz CT molecular complexity index is 803. The van der Waals surface area contributed by atoms with E-state index < -0.39 is 0 Å². The van der Waals surface area contributed by atoms with Gasteiger partial charge < -0.3 is 9.73 Å². The lowest BCUT2D eigenvalue weighted by atomic mass is 10.1. The molecule has 0 unspecified atom stereocenters. The van der Waals surface area contributed by atoms with E-state index in [1.165, 1.54) is 0 Å². The number of hydrogen-bond donors (Lipinski definition) is 1. The van der Waals surface area contributed by atoms with Gasteiger partial charge >= 0.3 is 0 Å². The minimum atomic E-state index is -0.0654. The number of pyridine rings is 1. The molecule has 0 saturated carbocycles. The molecule has 0 atom stereocenters. The highest BCUT2D eigenvalue weighted by atomic mass is 35.5. The molecule has 0 saturated heterocycles. The van der Waals surface area contributed by atoms with E-state index in [9.17, 15) is 4.79 Å². The minimum absolute atomic E-state index is 0.0654. The molecule has 6 nitrogen and oxygen atoms in total. The van der Waals surface area contributed by atoms with Crippen LogP contribution in [0.5, 0.6) is 0 Å². The third-order valence-electron chi connectivity index (χ3n) is 3.31. The van der Waals surface area contributed by atoms with Crippen molar-refractivity contribution in [3.8, 4) is 11.5 Å². The summed E-state index contributed by atoms with van der Waals surface area (Å²) < 4.78 is 5.55. The van der Waals surface area contributed by atoms with Crippen LogP contribution in [-0.4, -0.2) is 27.6 Å². The summed E-state index contributed by atoms with van der Waals surface area (Å²) in [5.41, 5.74) is 1.68. The van der Waals surface area contributed by atoms with E-state index in [-0.39, 0.29) is 5.91 Å². The summed E-state index contributed by atoms with van der Waals surface area (Å²) in [4.78, 5) is 15.9. The van der Waals surface area contributed by atoms with Gasteiger partial charge in [0.15, 0.2) is 0 Å². The van der Waals surface area contributed by atoms with Gasteiger partial charge in [0.05, 0.1) is 12.0 Å². The van der Waals surface area contributed by atoms with Crippen molar-refractivity contribution in [1.82, 2.24) is 20.5 Å². The molecule has 0 aliphatic rings. The predicted molar refractivity (Wildman–Crippen MR) is 89.4 cm³/mol. The molecule has 0 radical (unpaired) electrons. The van der Waals surface area contributed by atoms with Crippen LogP contribution in [0.3, 0.4) is 0 Å². The zero-order valence-electron chi connectivity index (χ0n) is 12.8. The summed E-state index contributed by atoms with van der Waals surface area (Å²) in [6.45, 7) is 0.432. The summed E-state index contributed by atoms with van der Waals surface area (Å²) >= 11 is 5.82. The SMILES string of the molecule is O=C(Cc1ccc(Cl)cc1)NCCc1nnc(-c2cccnc2)o1. The van der Waals surface area contributed by atoms with Crippen molar-refractivity contribution >= 4 is 17.5 Å². The third-order valence-corrected chi connectivity index (χ3v) is 3.57. The first-order valence-electron chi connectivity index (χ1n) is 7.44. The zero-order valence-corrected chi connectivity index (χ0v) is 13.5. The molecule has 122 valence electrons. The summed E-state index contributed by atoms with van der Waals surface area (Å²) in [6.07, 6.45) is 4.11. The third kappa shape index (κ3) is 4.39. The maximum absolute atomic E-state index is 11.9. The smallest absolute Gasteiger partial charge is 0.249 e. The summed E-state index contributed by atoms with van der Waals surface area (Å²) in [6, 6.07) is 10.8. The molecule has 0 spiro atoms. The van der Waals surface area contributed by atoms with E-state index in [0.29, 0.717) is 36.2 Å². The van der Waals surface area contributed by atoms with Gasteiger partial charge in [0.25, 0.3) is 0 Å². The second kappa shape index (κ2) is 7.70. The Morgan fingerprint density at radius 1 is 1.17 bits per heavy atom. The predicted octanol–water partition coefficient (Wildman–Crippen LogP) is 2.69. The number of carbonyl (C=O) groups excluding carboxylic acids is 1. The number of benzene rings is 1. The summed E-state index contributed by atoms with van der Waals surface area (Å²) in [5.74, 6) is 0.829. The van der Waals surface area contributed by atoms with Crippen LogP contribution in [0.2, 0.25) is 5.02 Å². The van der Waals surface area contributed by atoms with E-state index >= 15 is 0 Å². The highest BCUT2D eigenvalue weighted by Gasteiger charge is 2.09. The first-order valence-corrected chi connectivity index (χ1v) is 7.82. The Kier molecular flexibility index (Phi) is 5.18. The molecule has 0 bridgehead atoms. The Labute approximate surface area is 143 Å². The molecular weight excluding hydrogens is 328 g/mol. The number of amides is 1. The van der Waals surface area contributed by atoms with Gasteiger partial charge in [-0.3, -0.25) is 9.78 Å². The zero-order chi connectivity index (χ0) is 16.8. The fourth-order valence-corrected chi connectivity index (χ4v) is 2.25. The van der Waals surface area contributed by atoms with Crippen molar-refractivity contribution in [1.29, 1.82) is 0 Å². The largest absolute Gasteiger partial charge is 0.421 e. The molecule has 7 heteroatoms. The fraction of sp³-hybridized carbons (Fsp3) is 0.176. The fourth-order valence-electron chi connectivity index (χ4n) is 2.12. The highest BCUT2D eigenvalue weighted by Crippen LogP contribution is 2.15. The Balaban J connectivity index is 1.47. The van der Waals surface area contributed by atoms with E-state index in [2.05, 4.69) is 20.5 Å². The summed E-state index contributed by atoms with van der Waals surface area (Å²) in [7, 11) is 0. The lowest BCUT2D eigenvalue weighted by molar-refractivity contribution is -0.120. The van der Waals surface area contributed by atoms with Crippen molar-refractivity contribution in [2.24, 2.45) is 0 Å². The molecule has 24 heavy (non-hydrogen) atoms. The molecule has 2 aromatic heterocycles. The molecule has 0 fully saturated rings. The first-order chi connectivity index (χ1) is 11.7. The van der Waals surface area contributed by atoms with Gasteiger partial charge in [0.2, 0.25) is 17.7 Å². The number of carbonyl (C=O) groups is 1. The quantitative estimate of drug-likeness (QED) is 0.745. The van der Waals surface area contributed by atoms with Crippen LogP contribution in [-0.2, 0) is 17.6 Å². The van der Waals surface area contributed by atoms with E-state index in [0.717, 1.165) is 11.1 Å². The Hall–Kier alpha value is -2.73. The van der Waals surface area contributed by atoms with Crippen molar-refractivity contribution < 1.29 is 9.21 Å². The van der Waals surface area contributed by atoms with E-state index in [1.54, 1.807) is 30.6 Å². The molecule has 1 aromatic carbocycles. The van der Waals surface area contributed by atoms with E-state index in [1.807, 2.05) is 18.2 Å². The monoisotopic (exact) mass is 342 g/mol. The molecule has 2 heterocycles. The van der Waals surface area contributed by atoms with Crippen LogP contribution < -0.4 is 5.32 Å². The molecule has 0 aliphatic carbocycles. The van der Waals surface area contributed by atoms with Gasteiger partial charge in [0, 0.05) is 30.4 Å². The Morgan fingerprint density at radius 3 is 2.75 bits per heavy atom. The Morgan fingerprint density at radius 2 is 2.00 bits per heavy atom. The average Bonchev–Trinajstić information content (AvgIpc) is 3.07. The van der Waals surface area contributed by atoms with Crippen LogP contribution in [0.4, 0.5) is 0 Å². The van der Waals surface area contributed by atoms with Crippen molar-refractivity contribution in [2.45, 2.75) is 12.8 Å². The number of aromatic nitrogens is 3. The van der Waals surface area contributed by atoms with Crippen molar-refractivity contribution in [3.05, 3.63) is 65.3 Å². The molecular formula is C17H15ClN4O2. The van der Waals surface area contributed by atoms with Gasteiger partial charge in [0.1, 0.15) is 0 Å². The van der Waals surface area contributed by atoms with Gasteiger partial charge in [-0.1, -0.05) is 23.7 Å². The minimum Gasteiger partial charge on any atom is -0.421 e. The molecule has 1 amide bonds. The number of nitrogens with zero attached hydrogens (tertiary/aromatic N) is 3. The average molecular weight is 343 g/mol. The normalized spacial score (nSPS) is 10.5. The number of rotatable bonds is 6. The second-order valence-corrected chi connectivity index (χ2v) is 5.58. The molecule has 3 rings (SSSR count). The topological polar surface area (TPSA) is 80.9 Å². The highest BCUT2D eigenvalue weighted by molar-refractivity contribution is 6.30. The molecule has 0 aliphatic heterocycles. The number of nitrogens with one attached hydrogen (secondary N) is 1. The lowest BCUT2D eigenvalue weighted by Crippen LogP contribution is -2.27. The van der Waals surface area contributed by atoms with Gasteiger partial charge in [-0.25, -0.2) is 0 Å². The van der Waals surface area contributed by atoms with Gasteiger partial charge in [-0.15, -0.1) is 10.2 Å². The van der Waals surface area contributed by atoms with Crippen LogP contribution in [0.25, 0.3) is 11.5 Å². The molecule has 1 N–H and O–H groups in total. The van der Waals surface area contributed by atoms with E-state index in [4.69, 9.17) is 16.0 Å². The number of halogens is 1. The standard InChI is InChI=1S/C17H15ClN4O2/c18-14-5-3-12(4-6-14)10-15(23)20-9-7-16-21-22-17(24-16)13-2-1-8-19-11-13/h1-6,8,11H,7,9-10H2,(H,20,23). The van der Waals surface area contributed by atoms with Crippen LogP contribution in [0, 0.1) is 0 Å². The maximum atomic E-state index is 11.9. The van der Waals surface area contributed by atoms with Gasteiger partial charge in [-0.05, 0) is 29.8 Å². The number of hydrogen-bond acceptors (Lipinski definition) is 5. The first kappa shape index (κ1) is 16.1. The van der Waals surface area contributed by atoms with Crippen LogP contribution in [0.1, 0.15) is 11.5 Å². The lowest BCUT2D eigenvalue weighted by Gasteiger charge is -2.04. The van der Waals surface area contributed by atoms with Crippen LogP contribution in [0.15, 0.2) is 53.2 Å². The van der Waals surface area contributed by atoms with Crippen LogP contribution >= 0.6 is 11.6 Å². The molecule has 3 aromatic rings. The van der Waals surface area contributed by atoms with Gasteiger partial charge in [-0.2, -0.15) is 0 Å². The van der Waals surface area contributed by atoms with Crippen molar-refractivity contribution in [2.75, 3.05) is 6.54 Å². The van der Waals surface area contributed by atoms with Crippen molar-refractivity contribution in [3.63, 3.8) is 0 Å². The maximum Gasteiger partial charge on any atom is 0.249 e.